The van der Waals surface area contributed by atoms with Gasteiger partial charge < -0.3 is 44.5 Å². The van der Waals surface area contributed by atoms with Gasteiger partial charge in [0.25, 0.3) is 0 Å². The number of nitrogens with one attached hydrogen (secondary N) is 1. The van der Waals surface area contributed by atoms with Crippen LogP contribution >= 0.6 is 0 Å². The fraction of sp³-hybridized carbons (Fsp3) is 0.556. The van der Waals surface area contributed by atoms with Gasteiger partial charge >= 0.3 is 12.3 Å². The number of carbonyl (C=O) groups is 4. The first-order valence-corrected chi connectivity index (χ1v) is 22.2. The molecule has 4 aliphatic heterocycles. The third-order valence-electron chi connectivity index (χ3n) is 11.5. The van der Waals surface area contributed by atoms with E-state index < -0.39 is 71.9 Å². The predicted molar refractivity (Wildman–Crippen MR) is 239 cm³/mol. The van der Waals surface area contributed by atoms with Gasteiger partial charge in [0.15, 0.2) is 23.3 Å². The lowest BCUT2D eigenvalue weighted by atomic mass is 10.0. The molecule has 0 saturated carbocycles. The molecule has 6 heterocycles. The first-order valence-electron chi connectivity index (χ1n) is 22.9. The molecule has 3 amide bonds. The van der Waals surface area contributed by atoms with Crippen molar-refractivity contribution in [3.63, 3.8) is 0 Å². The first kappa shape index (κ1) is 53.5. The Morgan fingerprint density at radius 1 is 0.775 bits per heavy atom. The summed E-state index contributed by atoms with van der Waals surface area (Å²) in [5.74, 6) is -4.64. The fourth-order valence-electron chi connectivity index (χ4n) is 7.84. The number of anilines is 2. The summed E-state index contributed by atoms with van der Waals surface area (Å²) >= 11 is 0. The normalized spacial score (nSPS) is 20.6. The summed E-state index contributed by atoms with van der Waals surface area (Å²) in [6.45, 7) is 9.07. The number of fused-ring (bicyclic) bond motifs is 2. The number of halogens is 9. The number of carbonyl (C=O) groups excluding carboxylic acids is 4. The van der Waals surface area contributed by atoms with Crippen LogP contribution in [0.15, 0.2) is 24.3 Å². The number of imidazole rings is 2. The van der Waals surface area contributed by atoms with Crippen molar-refractivity contribution in [2.45, 2.75) is 96.7 Å². The van der Waals surface area contributed by atoms with Crippen LogP contribution in [0.5, 0.6) is 0 Å². The number of aromatic nitrogens is 4. The molecule has 3 N–H and O–H groups in total. The van der Waals surface area contributed by atoms with Crippen molar-refractivity contribution in [3.05, 3.63) is 47.5 Å². The Morgan fingerprint density at radius 2 is 1.17 bits per heavy atom. The zero-order chi connectivity index (χ0) is 53.4. The number of hydrogen-bond acceptors (Lipinski definition) is 12. The number of nitriles is 2. The standard InChI is InChI=1S/C23H27F3N6O3.C18H19F3N6O.C2HF3O.C2H6/c1-23(2,3)35-22(34)29-18-11-30(5-4-14(18)24)21-28-17-6-15(25)16(26)7-19(17)32(21)12-20(33)31-9-13(8-27)10-31;19-11-1-2-25(8-14(11)23)18-24-15-3-12(20)13(21)4-16(15)27(18)9-17(28)26-6-10(5-22)7-26;3-2(4,5)1-6;1-2/h6-7,13-14,18H,4-5,9-12H2,1-3H3,(H,29,34);3-4,10-11,14H,1-2,6-9,23H2;1H;1-2H3/t14-,18-;11-,14-;;/m11../s1/i;;;1D. The number of alkyl halides is 5. The van der Waals surface area contributed by atoms with Gasteiger partial charge in [-0.15, -0.1) is 0 Å². The van der Waals surface area contributed by atoms with E-state index in [1.165, 1.54) is 18.9 Å². The zero-order valence-electron chi connectivity index (χ0n) is 40.0. The van der Waals surface area contributed by atoms with Crippen LogP contribution in [-0.2, 0) is 32.2 Å². The number of rotatable bonds is 7. The van der Waals surface area contributed by atoms with Crippen molar-refractivity contribution in [2.24, 2.45) is 17.6 Å². The molecule has 0 unspecified atom stereocenters. The van der Waals surface area contributed by atoms with Crippen molar-refractivity contribution in [1.82, 2.24) is 34.2 Å². The summed E-state index contributed by atoms with van der Waals surface area (Å²) in [4.78, 5) is 61.6. The molecule has 0 spiro atoms. The second kappa shape index (κ2) is 22.9. The maximum atomic E-state index is 14.7. The fourth-order valence-corrected chi connectivity index (χ4v) is 7.84. The van der Waals surface area contributed by atoms with Gasteiger partial charge in [0.1, 0.15) is 31.0 Å². The third kappa shape index (κ3) is 13.7. The quantitative estimate of drug-likeness (QED) is 0.169. The maximum Gasteiger partial charge on any atom is 0.446 e. The van der Waals surface area contributed by atoms with Crippen molar-refractivity contribution in [2.75, 3.05) is 62.2 Å². The highest BCUT2D eigenvalue weighted by atomic mass is 19.4. The topological polar surface area (TPSA) is 212 Å². The molecule has 0 bridgehead atoms. The number of aldehydes is 1. The van der Waals surface area contributed by atoms with Crippen LogP contribution in [0.25, 0.3) is 22.1 Å². The van der Waals surface area contributed by atoms with Gasteiger partial charge in [-0.05, 0) is 33.6 Å². The minimum atomic E-state index is -4.64. The van der Waals surface area contributed by atoms with E-state index in [1.807, 2.05) is 0 Å². The molecule has 2 aromatic heterocycles. The maximum absolute atomic E-state index is 14.7. The average molecular weight is 1010 g/mol. The molecular weight excluding hydrogens is 960 g/mol. The van der Waals surface area contributed by atoms with Gasteiger partial charge in [-0.2, -0.15) is 23.7 Å². The van der Waals surface area contributed by atoms with Gasteiger partial charge in [0.2, 0.25) is 30.0 Å². The summed E-state index contributed by atoms with van der Waals surface area (Å²) < 4.78 is 130. The SMILES string of the molecule is CC(C)(C)OC(=O)N[C@@H]1CN(c2nc3cc(F)c(F)cc3n2CC(=O)N2CC(C#N)C2)CC[C@H]1F.N#CC1CN(C(=O)Cn2c(N3CC[C@@H](F)[C@H](N)C3)nc3cc(F)c(F)cc32)C1.O=CC(F)(F)F.[2H]CC. The number of benzene rings is 2. The highest BCUT2D eigenvalue weighted by Gasteiger charge is 2.37. The third-order valence-corrected chi connectivity index (χ3v) is 11.5. The Labute approximate surface area is 403 Å². The first-order chi connectivity index (χ1) is 33.8. The molecule has 0 radical (unpaired) electrons. The molecule has 0 aliphatic carbocycles. The number of nitrogens with zero attached hydrogens (tertiary/aromatic N) is 10. The molecule has 386 valence electrons. The Morgan fingerprint density at radius 3 is 1.55 bits per heavy atom. The molecule has 4 aromatic rings. The largest absolute Gasteiger partial charge is 0.446 e. The number of alkyl carbamates (subject to hydrolysis) is 1. The summed E-state index contributed by atoms with van der Waals surface area (Å²) in [7, 11) is 0. The average Bonchev–Trinajstić information content (AvgIpc) is 3.78. The molecule has 4 aliphatic rings. The molecular formula is C45H53F9N12O5. The summed E-state index contributed by atoms with van der Waals surface area (Å²) in [6.07, 6.45) is -8.66. The minimum Gasteiger partial charge on any atom is -0.444 e. The van der Waals surface area contributed by atoms with E-state index in [-0.39, 0.29) is 97.2 Å². The Balaban J connectivity index is 0.000000233. The van der Waals surface area contributed by atoms with Crippen molar-refractivity contribution in [1.29, 1.82) is 10.5 Å². The number of hydrogen-bond donors (Lipinski definition) is 2. The Kier molecular flexibility index (Phi) is 17.3. The molecule has 2 aromatic carbocycles. The van der Waals surface area contributed by atoms with Crippen LogP contribution < -0.4 is 20.9 Å². The van der Waals surface area contributed by atoms with E-state index in [9.17, 15) is 53.9 Å². The van der Waals surface area contributed by atoms with Gasteiger partial charge in [-0.3, -0.25) is 14.4 Å². The van der Waals surface area contributed by atoms with Gasteiger partial charge in [0.05, 0.1) is 58.1 Å². The van der Waals surface area contributed by atoms with Gasteiger partial charge in [-0.25, -0.2) is 41.1 Å². The molecule has 71 heavy (non-hydrogen) atoms. The van der Waals surface area contributed by atoms with E-state index >= 15 is 0 Å². The monoisotopic (exact) mass is 1010 g/mol. The van der Waals surface area contributed by atoms with Crippen LogP contribution in [0.4, 0.5) is 56.2 Å². The predicted octanol–water partition coefficient (Wildman–Crippen LogP) is 5.68. The number of amides is 3. The lowest BCUT2D eigenvalue weighted by Gasteiger charge is -2.37. The summed E-state index contributed by atoms with van der Waals surface area (Å²) in [6, 6.07) is 6.47. The van der Waals surface area contributed by atoms with E-state index in [4.69, 9.17) is 27.2 Å². The number of piperidine rings is 2. The number of ether oxygens (including phenoxy) is 1. The van der Waals surface area contributed by atoms with Crippen LogP contribution in [0.3, 0.4) is 0 Å². The van der Waals surface area contributed by atoms with Crippen LogP contribution in [0.2, 0.25) is 0 Å². The number of likely N-dealkylation sites (tertiary alicyclic amines) is 2. The van der Waals surface area contributed by atoms with Crippen LogP contribution in [-0.4, -0.2) is 142 Å². The second-order valence-electron chi connectivity index (χ2n) is 17.8. The molecule has 4 fully saturated rings. The smallest absolute Gasteiger partial charge is 0.444 e. The van der Waals surface area contributed by atoms with Gasteiger partial charge in [-0.1, -0.05) is 13.8 Å². The van der Waals surface area contributed by atoms with Crippen LogP contribution in [0, 0.1) is 57.8 Å². The number of nitrogens with two attached hydrogens (primary N) is 1. The molecule has 26 heteroatoms. The molecule has 4 atom stereocenters. The molecule has 8 rings (SSSR count). The summed E-state index contributed by atoms with van der Waals surface area (Å²) in [5.41, 5.74) is 5.91. The Hall–Kier alpha value is -6.83. The van der Waals surface area contributed by atoms with Crippen molar-refractivity contribution in [3.8, 4) is 12.1 Å². The highest BCUT2D eigenvalue weighted by Crippen LogP contribution is 2.31. The lowest BCUT2D eigenvalue weighted by molar-refractivity contribution is -0.156. The van der Waals surface area contributed by atoms with Crippen LogP contribution in [0.1, 0.15) is 48.8 Å². The van der Waals surface area contributed by atoms with Crippen molar-refractivity contribution >= 4 is 58.2 Å². The zero-order valence-corrected chi connectivity index (χ0v) is 39.0. The van der Waals surface area contributed by atoms with E-state index in [1.54, 1.807) is 37.5 Å². The van der Waals surface area contributed by atoms with Crippen molar-refractivity contribution < 1.29 is 64.8 Å². The Bertz CT molecular complexity index is 2680. The minimum absolute atomic E-state index is 0.0170. The van der Waals surface area contributed by atoms with Gasteiger partial charge in [0, 0.05) is 78.0 Å². The second-order valence-corrected chi connectivity index (χ2v) is 17.8. The van der Waals surface area contributed by atoms with E-state index in [0.29, 0.717) is 45.6 Å². The van der Waals surface area contributed by atoms with E-state index in [2.05, 4.69) is 27.4 Å². The summed E-state index contributed by atoms with van der Waals surface area (Å²) in [5, 5.41) is 20.4. The van der Waals surface area contributed by atoms with E-state index in [0.717, 1.165) is 24.3 Å². The molecule has 17 nitrogen and oxygen atoms in total. The molecule has 4 saturated heterocycles. The lowest BCUT2D eigenvalue weighted by Crippen LogP contribution is -2.55. The highest BCUT2D eigenvalue weighted by molar-refractivity contribution is 5.85.